The monoisotopic (exact) mass is 296 g/mol. The number of aromatic nitrogens is 3. The Balaban J connectivity index is 1.84. The number of nitrogens with zero attached hydrogens (tertiary/aromatic N) is 3. The average Bonchev–Trinajstić information content (AvgIpc) is 2.79. The van der Waals surface area contributed by atoms with Crippen molar-refractivity contribution in [2.75, 3.05) is 5.75 Å². The zero-order valence-corrected chi connectivity index (χ0v) is 13.4. The van der Waals surface area contributed by atoms with E-state index in [-0.39, 0.29) is 5.91 Å². The number of nitrogens with one attached hydrogen (secondary N) is 1. The maximum atomic E-state index is 12.0. The molecule has 2 rings (SSSR count). The minimum atomic E-state index is 0.109. The van der Waals surface area contributed by atoms with Gasteiger partial charge >= 0.3 is 0 Å². The van der Waals surface area contributed by atoms with Gasteiger partial charge in [-0.1, -0.05) is 31.0 Å². The quantitative estimate of drug-likeness (QED) is 0.849. The molecule has 1 aliphatic rings. The van der Waals surface area contributed by atoms with Crippen LogP contribution < -0.4 is 5.32 Å². The molecule has 112 valence electrons. The van der Waals surface area contributed by atoms with Crippen molar-refractivity contribution >= 4 is 17.7 Å². The smallest absolute Gasteiger partial charge is 0.230 e. The van der Waals surface area contributed by atoms with Crippen LogP contribution in [-0.4, -0.2) is 32.5 Å². The Bertz CT molecular complexity index is 452. The molecule has 0 unspecified atom stereocenters. The highest BCUT2D eigenvalue weighted by Gasteiger charge is 2.17. The molecule has 0 aliphatic heterocycles. The van der Waals surface area contributed by atoms with Crippen molar-refractivity contribution in [1.29, 1.82) is 0 Å². The number of thioether (sulfide) groups is 1. The van der Waals surface area contributed by atoms with Crippen LogP contribution in [0.3, 0.4) is 0 Å². The molecule has 1 aromatic rings. The van der Waals surface area contributed by atoms with E-state index in [1.807, 2.05) is 6.92 Å². The number of carbonyl (C=O) groups is 1. The van der Waals surface area contributed by atoms with Gasteiger partial charge in [0, 0.05) is 12.1 Å². The molecule has 6 heteroatoms. The van der Waals surface area contributed by atoms with Crippen LogP contribution in [0.4, 0.5) is 0 Å². The number of aryl methyl sites for hydroxylation is 1. The molecule has 0 aromatic carbocycles. The number of rotatable bonds is 5. The summed E-state index contributed by atoms with van der Waals surface area (Å²) in [6.45, 7) is 6.14. The molecule has 1 aliphatic carbocycles. The van der Waals surface area contributed by atoms with E-state index in [2.05, 4.69) is 33.9 Å². The minimum Gasteiger partial charge on any atom is -0.353 e. The topological polar surface area (TPSA) is 59.8 Å². The summed E-state index contributed by atoms with van der Waals surface area (Å²) in [5.41, 5.74) is 0. The molecule has 0 radical (unpaired) electrons. The lowest BCUT2D eigenvalue weighted by Gasteiger charge is -2.22. The first kappa shape index (κ1) is 15.4. The normalized spacial score (nSPS) is 16.6. The molecule has 1 amide bonds. The van der Waals surface area contributed by atoms with E-state index in [4.69, 9.17) is 0 Å². The summed E-state index contributed by atoms with van der Waals surface area (Å²) < 4.78 is 2.07. The highest BCUT2D eigenvalue weighted by atomic mass is 32.2. The zero-order valence-electron chi connectivity index (χ0n) is 12.6. The van der Waals surface area contributed by atoms with Crippen LogP contribution in [-0.2, 0) is 4.79 Å². The van der Waals surface area contributed by atoms with Crippen molar-refractivity contribution in [2.24, 2.45) is 0 Å². The first-order chi connectivity index (χ1) is 9.58. The van der Waals surface area contributed by atoms with Crippen LogP contribution in [0.25, 0.3) is 0 Å². The fourth-order valence-electron chi connectivity index (χ4n) is 2.69. The molecule has 1 N–H and O–H groups in total. The molecule has 20 heavy (non-hydrogen) atoms. The largest absolute Gasteiger partial charge is 0.353 e. The fourth-order valence-corrected chi connectivity index (χ4v) is 3.61. The van der Waals surface area contributed by atoms with Gasteiger partial charge in [-0.3, -0.25) is 4.79 Å². The summed E-state index contributed by atoms with van der Waals surface area (Å²) in [6.07, 6.45) is 6.02. The van der Waals surface area contributed by atoms with Crippen molar-refractivity contribution in [1.82, 2.24) is 20.1 Å². The number of hydrogen-bond donors (Lipinski definition) is 1. The SMILES string of the molecule is Cc1nnc(SCC(=O)NC2CCCCC2)n1C(C)C. The Morgan fingerprint density at radius 2 is 2.05 bits per heavy atom. The standard InChI is InChI=1S/C14H24N4OS/c1-10(2)18-11(3)16-17-14(18)20-9-13(19)15-12-7-5-4-6-8-12/h10,12H,4-9H2,1-3H3,(H,15,19). The van der Waals surface area contributed by atoms with Gasteiger partial charge in [0.15, 0.2) is 5.16 Å². The van der Waals surface area contributed by atoms with E-state index in [1.54, 1.807) is 0 Å². The van der Waals surface area contributed by atoms with Gasteiger partial charge < -0.3 is 9.88 Å². The lowest BCUT2D eigenvalue weighted by molar-refractivity contribution is -0.119. The predicted molar refractivity (Wildman–Crippen MR) is 80.9 cm³/mol. The van der Waals surface area contributed by atoms with E-state index in [9.17, 15) is 4.79 Å². The Morgan fingerprint density at radius 3 is 2.70 bits per heavy atom. The molecule has 1 fully saturated rings. The van der Waals surface area contributed by atoms with Crippen LogP contribution in [0, 0.1) is 6.92 Å². The molecule has 0 saturated heterocycles. The summed E-state index contributed by atoms with van der Waals surface area (Å²) in [5, 5.41) is 12.2. The lowest BCUT2D eigenvalue weighted by Crippen LogP contribution is -2.37. The molecular weight excluding hydrogens is 272 g/mol. The van der Waals surface area contributed by atoms with E-state index in [0.29, 0.717) is 17.8 Å². The van der Waals surface area contributed by atoms with Gasteiger partial charge in [0.25, 0.3) is 0 Å². The second-order valence-electron chi connectivity index (χ2n) is 5.68. The lowest BCUT2D eigenvalue weighted by atomic mass is 9.95. The molecule has 1 heterocycles. The summed E-state index contributed by atoms with van der Waals surface area (Å²) >= 11 is 1.47. The van der Waals surface area contributed by atoms with Crippen LogP contribution in [0.15, 0.2) is 5.16 Å². The van der Waals surface area contributed by atoms with Gasteiger partial charge in [0.05, 0.1) is 5.75 Å². The fraction of sp³-hybridized carbons (Fsp3) is 0.786. The Hall–Kier alpha value is -1.04. The Kier molecular flexibility index (Phi) is 5.46. The predicted octanol–water partition coefficient (Wildman–Crippen LogP) is 2.71. The maximum Gasteiger partial charge on any atom is 0.230 e. The van der Waals surface area contributed by atoms with Crippen LogP contribution >= 0.6 is 11.8 Å². The van der Waals surface area contributed by atoms with E-state index in [1.165, 1.54) is 31.0 Å². The van der Waals surface area contributed by atoms with Gasteiger partial charge in [-0.05, 0) is 33.6 Å². The van der Waals surface area contributed by atoms with Crippen molar-refractivity contribution in [3.63, 3.8) is 0 Å². The maximum absolute atomic E-state index is 12.0. The Morgan fingerprint density at radius 1 is 1.35 bits per heavy atom. The minimum absolute atomic E-state index is 0.109. The molecule has 0 bridgehead atoms. The van der Waals surface area contributed by atoms with E-state index < -0.39 is 0 Å². The first-order valence-corrected chi connectivity index (χ1v) is 8.40. The third-order valence-electron chi connectivity index (χ3n) is 3.65. The second kappa shape index (κ2) is 7.11. The van der Waals surface area contributed by atoms with Gasteiger partial charge in [-0.15, -0.1) is 10.2 Å². The third-order valence-corrected chi connectivity index (χ3v) is 4.60. The van der Waals surface area contributed by atoms with Crippen molar-refractivity contribution in [2.45, 2.75) is 70.1 Å². The van der Waals surface area contributed by atoms with Crippen molar-refractivity contribution in [3.05, 3.63) is 5.82 Å². The summed E-state index contributed by atoms with van der Waals surface area (Å²) in [5.74, 6) is 1.43. The highest BCUT2D eigenvalue weighted by Crippen LogP contribution is 2.21. The molecule has 5 nitrogen and oxygen atoms in total. The van der Waals surface area contributed by atoms with E-state index in [0.717, 1.165) is 23.8 Å². The molecule has 0 atom stereocenters. The summed E-state index contributed by atoms with van der Waals surface area (Å²) in [4.78, 5) is 12.0. The van der Waals surface area contributed by atoms with Gasteiger partial charge in [0.2, 0.25) is 5.91 Å². The van der Waals surface area contributed by atoms with E-state index >= 15 is 0 Å². The van der Waals surface area contributed by atoms with Gasteiger partial charge in [-0.25, -0.2) is 0 Å². The van der Waals surface area contributed by atoms with Gasteiger partial charge in [0.1, 0.15) is 5.82 Å². The highest BCUT2D eigenvalue weighted by molar-refractivity contribution is 7.99. The molecular formula is C14H24N4OS. The van der Waals surface area contributed by atoms with Crippen LogP contribution in [0.2, 0.25) is 0 Å². The first-order valence-electron chi connectivity index (χ1n) is 7.41. The third kappa shape index (κ3) is 3.98. The number of carbonyl (C=O) groups excluding carboxylic acids is 1. The van der Waals surface area contributed by atoms with Crippen LogP contribution in [0.1, 0.15) is 57.8 Å². The molecule has 1 saturated carbocycles. The second-order valence-corrected chi connectivity index (χ2v) is 6.63. The van der Waals surface area contributed by atoms with Crippen molar-refractivity contribution < 1.29 is 4.79 Å². The number of amides is 1. The summed E-state index contributed by atoms with van der Waals surface area (Å²) in [6, 6.07) is 0.690. The average molecular weight is 296 g/mol. The van der Waals surface area contributed by atoms with Gasteiger partial charge in [-0.2, -0.15) is 0 Å². The van der Waals surface area contributed by atoms with Crippen molar-refractivity contribution in [3.8, 4) is 0 Å². The Labute approximate surface area is 124 Å². The molecule has 0 spiro atoms. The van der Waals surface area contributed by atoms with Crippen LogP contribution in [0.5, 0.6) is 0 Å². The number of hydrogen-bond acceptors (Lipinski definition) is 4. The molecule has 1 aromatic heterocycles. The zero-order chi connectivity index (χ0) is 14.5. The summed E-state index contributed by atoms with van der Waals surface area (Å²) in [7, 11) is 0.